The second kappa shape index (κ2) is 9.04. The minimum absolute atomic E-state index is 0.0507. The van der Waals surface area contributed by atoms with Crippen LogP contribution in [0.5, 0.6) is 0 Å². The van der Waals surface area contributed by atoms with Gasteiger partial charge in [0, 0.05) is 25.7 Å². The van der Waals surface area contributed by atoms with Gasteiger partial charge in [0.25, 0.3) is 15.9 Å². The normalized spacial score (nSPS) is 15.5. The van der Waals surface area contributed by atoms with E-state index >= 15 is 0 Å². The molecular formula is C20H21N3O7S. The maximum absolute atomic E-state index is 13.1. The van der Waals surface area contributed by atoms with E-state index in [0.29, 0.717) is 0 Å². The summed E-state index contributed by atoms with van der Waals surface area (Å²) in [5.41, 5.74) is -0.130. The van der Waals surface area contributed by atoms with Crippen molar-refractivity contribution in [3.8, 4) is 0 Å². The van der Waals surface area contributed by atoms with E-state index < -0.39 is 28.4 Å². The van der Waals surface area contributed by atoms with Gasteiger partial charge in [-0.2, -0.15) is 0 Å². The number of carbonyl (C=O) groups excluding carboxylic acids is 2. The van der Waals surface area contributed by atoms with Crippen molar-refractivity contribution in [3.05, 3.63) is 59.9 Å². The highest BCUT2D eigenvalue weighted by Crippen LogP contribution is 2.37. The fourth-order valence-electron chi connectivity index (χ4n) is 2.87. The van der Waals surface area contributed by atoms with Gasteiger partial charge >= 0.3 is 6.16 Å². The summed E-state index contributed by atoms with van der Waals surface area (Å²) in [7, 11) is -2.79. The van der Waals surface area contributed by atoms with Gasteiger partial charge in [0.2, 0.25) is 6.29 Å². The lowest BCUT2D eigenvalue weighted by Crippen LogP contribution is -2.38. The molecule has 0 fully saturated rings. The number of fused-ring (bicyclic) bond motifs is 1. The number of pyridine rings is 1. The average molecular weight is 447 g/mol. The van der Waals surface area contributed by atoms with E-state index in [9.17, 15) is 18.0 Å². The maximum atomic E-state index is 13.1. The van der Waals surface area contributed by atoms with Gasteiger partial charge in [-0.3, -0.25) is 9.10 Å². The van der Waals surface area contributed by atoms with Crippen LogP contribution < -0.4 is 5.32 Å². The number of aromatic nitrogens is 1. The number of sulfonamides is 1. The molecule has 1 aromatic heterocycles. The van der Waals surface area contributed by atoms with E-state index in [0.717, 1.165) is 4.31 Å². The van der Waals surface area contributed by atoms with Gasteiger partial charge in [0.15, 0.2) is 11.5 Å². The minimum Gasteiger partial charge on any atom is -0.452 e. The Morgan fingerprint density at radius 1 is 1.16 bits per heavy atom. The van der Waals surface area contributed by atoms with Crippen molar-refractivity contribution in [1.29, 1.82) is 0 Å². The average Bonchev–Trinajstić information content (AvgIpc) is 2.73. The number of benzene rings is 1. The Balaban J connectivity index is 2.06. The monoisotopic (exact) mass is 447 g/mol. The molecule has 1 atom stereocenters. The van der Waals surface area contributed by atoms with Gasteiger partial charge in [-0.15, -0.1) is 0 Å². The first-order chi connectivity index (χ1) is 14.8. The third-order valence-electron chi connectivity index (χ3n) is 4.23. The van der Waals surface area contributed by atoms with Crippen molar-refractivity contribution in [3.63, 3.8) is 0 Å². The van der Waals surface area contributed by atoms with Gasteiger partial charge in [0.05, 0.1) is 11.5 Å². The molecule has 31 heavy (non-hydrogen) atoms. The number of carbonyl (C=O) groups is 2. The van der Waals surface area contributed by atoms with Crippen LogP contribution in [0, 0.1) is 0 Å². The van der Waals surface area contributed by atoms with Gasteiger partial charge in [-0.05, 0) is 31.2 Å². The Kier molecular flexibility index (Phi) is 6.44. The third-order valence-corrected chi connectivity index (χ3v) is 6.05. The van der Waals surface area contributed by atoms with Gasteiger partial charge in [-0.25, -0.2) is 18.2 Å². The summed E-state index contributed by atoms with van der Waals surface area (Å²) >= 11 is 0. The second-order valence-corrected chi connectivity index (χ2v) is 8.24. The molecule has 0 radical (unpaired) electrons. The van der Waals surface area contributed by atoms with Crippen LogP contribution in [-0.2, 0) is 29.0 Å². The van der Waals surface area contributed by atoms with E-state index in [1.54, 1.807) is 37.3 Å². The van der Waals surface area contributed by atoms with E-state index in [4.69, 9.17) is 14.2 Å². The first kappa shape index (κ1) is 22.1. The number of rotatable bonds is 6. The number of anilines is 1. The van der Waals surface area contributed by atoms with Crippen LogP contribution in [0.3, 0.4) is 0 Å². The third kappa shape index (κ3) is 4.61. The zero-order chi connectivity index (χ0) is 22.6. The van der Waals surface area contributed by atoms with E-state index in [2.05, 4.69) is 10.3 Å². The number of hydrogen-bond acceptors (Lipinski definition) is 8. The summed E-state index contributed by atoms with van der Waals surface area (Å²) in [6, 6.07) is 10.9. The Bertz CT molecular complexity index is 1120. The Labute approximate surface area is 179 Å². The lowest BCUT2D eigenvalue weighted by molar-refractivity contribution is -0.114. The van der Waals surface area contributed by atoms with Crippen molar-refractivity contribution < 1.29 is 32.2 Å². The van der Waals surface area contributed by atoms with Gasteiger partial charge in [-0.1, -0.05) is 18.2 Å². The molecular weight excluding hydrogens is 426 g/mol. The number of hydrogen-bond donors (Lipinski definition) is 1. The quantitative estimate of drug-likeness (QED) is 0.529. The molecule has 2 heterocycles. The van der Waals surface area contributed by atoms with Crippen LogP contribution >= 0.6 is 0 Å². The number of nitrogens with one attached hydrogen (secondary N) is 1. The molecule has 11 heteroatoms. The van der Waals surface area contributed by atoms with Gasteiger partial charge in [0.1, 0.15) is 5.82 Å². The Morgan fingerprint density at radius 3 is 2.55 bits per heavy atom. The van der Waals surface area contributed by atoms with Crippen molar-refractivity contribution >= 4 is 33.7 Å². The molecule has 10 nitrogen and oxygen atoms in total. The summed E-state index contributed by atoms with van der Waals surface area (Å²) in [5.74, 6) is -0.615. The fourth-order valence-corrected chi connectivity index (χ4v) is 4.26. The van der Waals surface area contributed by atoms with Crippen molar-refractivity contribution in [1.82, 2.24) is 9.29 Å². The molecule has 1 N–H and O–H groups in total. The zero-order valence-electron chi connectivity index (χ0n) is 17.1. The summed E-state index contributed by atoms with van der Waals surface area (Å²) in [6.07, 6.45) is -0.651. The minimum atomic E-state index is -4.03. The Morgan fingerprint density at radius 2 is 1.87 bits per heavy atom. The smallest absolute Gasteiger partial charge is 0.452 e. The number of nitrogens with zero attached hydrogens (tertiary/aromatic N) is 2. The highest BCUT2D eigenvalue weighted by molar-refractivity contribution is 7.89. The molecule has 2 aromatic rings. The van der Waals surface area contributed by atoms with Crippen molar-refractivity contribution in [2.45, 2.75) is 25.0 Å². The van der Waals surface area contributed by atoms with Crippen LogP contribution in [0.15, 0.2) is 59.3 Å². The molecule has 0 spiro atoms. The highest BCUT2D eigenvalue weighted by atomic mass is 32.2. The molecule has 0 saturated carbocycles. The molecule has 3 rings (SSSR count). The molecule has 1 aliphatic rings. The molecule has 0 saturated heterocycles. The molecule has 1 aromatic carbocycles. The molecule has 1 amide bonds. The topological polar surface area (TPSA) is 124 Å². The highest BCUT2D eigenvalue weighted by Gasteiger charge is 2.39. The number of likely N-dealkylation sites (N-methyl/N-ethyl adjacent to an activating group) is 1. The molecule has 0 unspecified atom stereocenters. The number of ether oxygens (including phenoxy) is 3. The van der Waals surface area contributed by atoms with Crippen LogP contribution in [0.1, 0.15) is 19.4 Å². The Hall–Kier alpha value is -3.60. The summed E-state index contributed by atoms with van der Waals surface area (Å²) < 4.78 is 42.3. The lowest BCUT2D eigenvalue weighted by Gasteiger charge is -2.31. The SMILES string of the molecule is CCOC(=O)O[C@@H](C)OC1=C(C(=O)Nc2ccccn2)N(C)S(=O)(=O)c2ccccc21. The predicted molar refractivity (Wildman–Crippen MR) is 110 cm³/mol. The lowest BCUT2D eigenvalue weighted by atomic mass is 10.1. The largest absolute Gasteiger partial charge is 0.511 e. The summed E-state index contributed by atoms with van der Waals surface area (Å²) in [5, 5.41) is 2.55. The van der Waals surface area contributed by atoms with Crippen LogP contribution in [0.4, 0.5) is 10.6 Å². The van der Waals surface area contributed by atoms with Crippen molar-refractivity contribution in [2.24, 2.45) is 0 Å². The molecule has 164 valence electrons. The predicted octanol–water partition coefficient (Wildman–Crippen LogP) is 2.56. The van der Waals surface area contributed by atoms with Crippen LogP contribution in [0.2, 0.25) is 0 Å². The summed E-state index contributed by atoms with van der Waals surface area (Å²) in [4.78, 5) is 28.7. The standard InChI is InChI=1S/C20H21N3O7S/c1-4-28-20(25)30-13(2)29-18-14-9-5-6-10-15(14)31(26,27)23(3)17(18)19(24)22-16-11-7-8-12-21-16/h5-13H,4H2,1-3H3,(H,21,22,24)/t13-/m0/s1. The van der Waals surface area contributed by atoms with Crippen molar-refractivity contribution in [2.75, 3.05) is 19.0 Å². The summed E-state index contributed by atoms with van der Waals surface area (Å²) in [6.45, 7) is 3.15. The molecule has 1 aliphatic heterocycles. The first-order valence-corrected chi connectivity index (χ1v) is 10.7. The fraction of sp³-hybridized carbons (Fsp3) is 0.250. The van der Waals surface area contributed by atoms with Crippen LogP contribution in [-0.4, -0.2) is 49.7 Å². The van der Waals surface area contributed by atoms with E-state index in [-0.39, 0.29) is 34.3 Å². The maximum Gasteiger partial charge on any atom is 0.511 e. The molecule has 0 bridgehead atoms. The zero-order valence-corrected chi connectivity index (χ0v) is 17.9. The van der Waals surface area contributed by atoms with Gasteiger partial charge < -0.3 is 19.5 Å². The second-order valence-electron chi connectivity index (χ2n) is 6.30. The first-order valence-electron chi connectivity index (χ1n) is 9.30. The van der Waals surface area contributed by atoms with Crippen LogP contribution in [0.25, 0.3) is 5.76 Å². The number of amides is 1. The van der Waals surface area contributed by atoms with E-state index in [1.165, 1.54) is 32.3 Å². The van der Waals surface area contributed by atoms with E-state index in [1.807, 2.05) is 0 Å². The molecule has 0 aliphatic carbocycles.